The summed E-state index contributed by atoms with van der Waals surface area (Å²) in [6.07, 6.45) is 1.71. The van der Waals surface area contributed by atoms with Gasteiger partial charge in [-0.15, -0.1) is 0 Å². The predicted molar refractivity (Wildman–Crippen MR) is 77.7 cm³/mol. The van der Waals surface area contributed by atoms with Crippen molar-refractivity contribution in [1.29, 1.82) is 0 Å². The molecule has 0 aliphatic carbocycles. The fraction of sp³-hybridized carbons (Fsp3) is 0.188. The van der Waals surface area contributed by atoms with Crippen molar-refractivity contribution in [2.45, 2.75) is 13.1 Å². The summed E-state index contributed by atoms with van der Waals surface area (Å²) in [7, 11) is 2.06. The van der Waals surface area contributed by atoms with Gasteiger partial charge < -0.3 is 4.98 Å². The third-order valence-corrected chi connectivity index (χ3v) is 3.30. The number of aromatic nitrogens is 2. The summed E-state index contributed by atoms with van der Waals surface area (Å²) in [5.41, 5.74) is 4.37. The van der Waals surface area contributed by atoms with E-state index in [0.29, 0.717) is 0 Å². The lowest BCUT2D eigenvalue weighted by Gasteiger charge is -2.16. The molecule has 0 amide bonds. The van der Waals surface area contributed by atoms with Crippen LogP contribution in [-0.4, -0.2) is 21.9 Å². The molecule has 102 valence electrons. The fourth-order valence-corrected chi connectivity index (χ4v) is 2.35. The first kappa shape index (κ1) is 12.8. The number of hydrogen-bond donors (Lipinski definition) is 1. The van der Waals surface area contributed by atoms with Gasteiger partial charge in [0.15, 0.2) is 0 Å². The average Bonchev–Trinajstić information content (AvgIpc) is 2.89. The molecular weight excluding hydrogens is 253 g/mol. The molecule has 3 aromatic rings. The molecular formula is C16H16FN3. The summed E-state index contributed by atoms with van der Waals surface area (Å²) in [5, 5.41) is 0. The van der Waals surface area contributed by atoms with Crippen LogP contribution in [0.15, 0.2) is 48.8 Å². The molecule has 1 aromatic heterocycles. The second-order valence-electron chi connectivity index (χ2n) is 5.05. The fourth-order valence-electron chi connectivity index (χ4n) is 2.35. The first-order chi connectivity index (χ1) is 9.70. The molecule has 2 aromatic carbocycles. The van der Waals surface area contributed by atoms with Crippen molar-refractivity contribution >= 4 is 11.0 Å². The summed E-state index contributed by atoms with van der Waals surface area (Å²) in [6.45, 7) is 1.63. The van der Waals surface area contributed by atoms with E-state index in [9.17, 15) is 4.39 Å². The number of hydrogen-bond acceptors (Lipinski definition) is 2. The van der Waals surface area contributed by atoms with Crippen molar-refractivity contribution in [1.82, 2.24) is 14.9 Å². The number of nitrogens with one attached hydrogen (secondary N) is 1. The molecule has 0 atom stereocenters. The van der Waals surface area contributed by atoms with Crippen LogP contribution in [0.25, 0.3) is 11.0 Å². The SMILES string of the molecule is CN(Cc1ccc(F)cc1)Cc1ccc2nc[nH]c2c1. The van der Waals surface area contributed by atoms with E-state index in [4.69, 9.17) is 0 Å². The van der Waals surface area contributed by atoms with Crippen LogP contribution >= 0.6 is 0 Å². The Hall–Kier alpha value is -2.20. The number of imidazole rings is 1. The van der Waals surface area contributed by atoms with E-state index in [-0.39, 0.29) is 5.82 Å². The van der Waals surface area contributed by atoms with Crippen LogP contribution in [0.2, 0.25) is 0 Å². The van der Waals surface area contributed by atoms with Gasteiger partial charge in [0, 0.05) is 13.1 Å². The topological polar surface area (TPSA) is 31.9 Å². The van der Waals surface area contributed by atoms with Crippen molar-refractivity contribution in [2.24, 2.45) is 0 Å². The summed E-state index contributed by atoms with van der Waals surface area (Å²) in [6, 6.07) is 12.9. The van der Waals surface area contributed by atoms with Crippen molar-refractivity contribution in [3.05, 3.63) is 65.7 Å². The highest BCUT2D eigenvalue weighted by Crippen LogP contribution is 2.14. The first-order valence-corrected chi connectivity index (χ1v) is 6.56. The van der Waals surface area contributed by atoms with Gasteiger partial charge in [0.1, 0.15) is 5.82 Å². The third kappa shape index (κ3) is 2.86. The van der Waals surface area contributed by atoms with Gasteiger partial charge >= 0.3 is 0 Å². The lowest BCUT2D eigenvalue weighted by Crippen LogP contribution is -2.17. The molecule has 1 N–H and O–H groups in total. The molecule has 3 rings (SSSR count). The molecule has 4 heteroatoms. The van der Waals surface area contributed by atoms with Gasteiger partial charge in [0.25, 0.3) is 0 Å². The van der Waals surface area contributed by atoms with E-state index in [1.54, 1.807) is 6.33 Å². The molecule has 1 heterocycles. The van der Waals surface area contributed by atoms with Crippen LogP contribution < -0.4 is 0 Å². The third-order valence-electron chi connectivity index (χ3n) is 3.30. The van der Waals surface area contributed by atoms with Crippen LogP contribution in [0.1, 0.15) is 11.1 Å². The number of nitrogens with zero attached hydrogens (tertiary/aromatic N) is 2. The maximum Gasteiger partial charge on any atom is 0.123 e. The summed E-state index contributed by atoms with van der Waals surface area (Å²) >= 11 is 0. The molecule has 0 bridgehead atoms. The average molecular weight is 269 g/mol. The number of aromatic amines is 1. The minimum absolute atomic E-state index is 0.193. The minimum atomic E-state index is -0.193. The van der Waals surface area contributed by atoms with Crippen LogP contribution in [0.4, 0.5) is 4.39 Å². The second-order valence-corrected chi connectivity index (χ2v) is 5.05. The molecule has 0 saturated heterocycles. The van der Waals surface area contributed by atoms with E-state index >= 15 is 0 Å². The largest absolute Gasteiger partial charge is 0.345 e. The van der Waals surface area contributed by atoms with Gasteiger partial charge in [-0.05, 0) is 42.4 Å². The summed E-state index contributed by atoms with van der Waals surface area (Å²) in [4.78, 5) is 9.53. The van der Waals surface area contributed by atoms with Gasteiger partial charge in [-0.2, -0.15) is 0 Å². The Morgan fingerprint density at radius 3 is 2.55 bits per heavy atom. The smallest absolute Gasteiger partial charge is 0.123 e. The Morgan fingerprint density at radius 1 is 1.05 bits per heavy atom. The van der Waals surface area contributed by atoms with Gasteiger partial charge in [-0.25, -0.2) is 9.37 Å². The highest BCUT2D eigenvalue weighted by Gasteiger charge is 2.04. The highest BCUT2D eigenvalue weighted by atomic mass is 19.1. The number of fused-ring (bicyclic) bond motifs is 1. The quantitative estimate of drug-likeness (QED) is 0.787. The number of benzene rings is 2. The van der Waals surface area contributed by atoms with E-state index in [0.717, 1.165) is 29.7 Å². The standard InChI is InChI=1S/C16H16FN3/c1-20(9-12-2-5-14(17)6-3-12)10-13-4-7-15-16(8-13)19-11-18-15/h2-8,11H,9-10H2,1H3,(H,18,19). The van der Waals surface area contributed by atoms with Crippen molar-refractivity contribution < 1.29 is 4.39 Å². The Kier molecular flexibility index (Phi) is 3.48. The minimum Gasteiger partial charge on any atom is -0.345 e. The number of halogens is 1. The maximum atomic E-state index is 12.9. The van der Waals surface area contributed by atoms with E-state index in [1.807, 2.05) is 18.2 Å². The van der Waals surface area contributed by atoms with Crippen LogP contribution in [0.3, 0.4) is 0 Å². The lowest BCUT2D eigenvalue weighted by atomic mass is 10.1. The van der Waals surface area contributed by atoms with Gasteiger partial charge in [0.2, 0.25) is 0 Å². The number of rotatable bonds is 4. The summed E-state index contributed by atoms with van der Waals surface area (Å²) < 4.78 is 12.9. The Balaban J connectivity index is 1.68. The van der Waals surface area contributed by atoms with Crippen LogP contribution in [-0.2, 0) is 13.1 Å². The Morgan fingerprint density at radius 2 is 1.75 bits per heavy atom. The van der Waals surface area contributed by atoms with Gasteiger partial charge in [-0.3, -0.25) is 4.90 Å². The highest BCUT2D eigenvalue weighted by molar-refractivity contribution is 5.74. The first-order valence-electron chi connectivity index (χ1n) is 6.56. The van der Waals surface area contributed by atoms with Crippen LogP contribution in [0, 0.1) is 5.82 Å². The Bertz CT molecular complexity index is 703. The van der Waals surface area contributed by atoms with E-state index in [1.165, 1.54) is 17.7 Å². The van der Waals surface area contributed by atoms with Gasteiger partial charge in [0.05, 0.1) is 17.4 Å². The van der Waals surface area contributed by atoms with Crippen LogP contribution in [0.5, 0.6) is 0 Å². The lowest BCUT2D eigenvalue weighted by molar-refractivity contribution is 0.319. The molecule has 3 nitrogen and oxygen atoms in total. The zero-order valence-corrected chi connectivity index (χ0v) is 11.3. The van der Waals surface area contributed by atoms with E-state index < -0.39 is 0 Å². The number of H-pyrrole nitrogens is 1. The maximum absolute atomic E-state index is 12.9. The Labute approximate surface area is 117 Å². The van der Waals surface area contributed by atoms with Crippen molar-refractivity contribution in [3.63, 3.8) is 0 Å². The zero-order valence-electron chi connectivity index (χ0n) is 11.3. The molecule has 0 fully saturated rings. The van der Waals surface area contributed by atoms with Crippen molar-refractivity contribution in [3.8, 4) is 0 Å². The van der Waals surface area contributed by atoms with Gasteiger partial charge in [-0.1, -0.05) is 18.2 Å². The molecule has 0 radical (unpaired) electrons. The summed E-state index contributed by atoms with van der Waals surface area (Å²) in [5.74, 6) is -0.193. The monoisotopic (exact) mass is 269 g/mol. The zero-order chi connectivity index (χ0) is 13.9. The molecule has 20 heavy (non-hydrogen) atoms. The molecule has 0 spiro atoms. The second kappa shape index (κ2) is 5.43. The molecule has 0 aliphatic heterocycles. The van der Waals surface area contributed by atoms with Crippen molar-refractivity contribution in [2.75, 3.05) is 7.05 Å². The predicted octanol–water partition coefficient (Wildman–Crippen LogP) is 3.33. The van der Waals surface area contributed by atoms with E-state index in [2.05, 4.69) is 34.0 Å². The molecule has 0 unspecified atom stereocenters. The molecule has 0 aliphatic rings. The normalized spacial score (nSPS) is 11.3. The molecule has 0 saturated carbocycles.